The van der Waals surface area contributed by atoms with Gasteiger partial charge in [-0.3, -0.25) is 0 Å². The van der Waals surface area contributed by atoms with E-state index in [1.807, 2.05) is 0 Å². The van der Waals surface area contributed by atoms with Crippen LogP contribution >= 0.6 is 15.9 Å². The van der Waals surface area contributed by atoms with E-state index in [4.69, 9.17) is 10.5 Å². The maximum atomic E-state index is 5.45. The molecule has 0 radical (unpaired) electrons. The third-order valence-corrected chi connectivity index (χ3v) is 2.16. The van der Waals surface area contributed by atoms with E-state index in [2.05, 4.69) is 31.2 Å². The summed E-state index contributed by atoms with van der Waals surface area (Å²) in [6.45, 7) is 1.52. The number of hydrogen-bond donors (Lipinski definition) is 2. The van der Waals surface area contributed by atoms with Crippen molar-refractivity contribution in [2.75, 3.05) is 31.3 Å². The second-order valence-electron chi connectivity index (χ2n) is 2.70. The van der Waals surface area contributed by atoms with Crippen molar-refractivity contribution in [1.82, 2.24) is 9.97 Å². The highest BCUT2D eigenvalue weighted by Crippen LogP contribution is 2.18. The van der Waals surface area contributed by atoms with Gasteiger partial charge >= 0.3 is 0 Å². The van der Waals surface area contributed by atoms with Gasteiger partial charge < -0.3 is 15.8 Å². The molecule has 14 heavy (non-hydrogen) atoms. The molecule has 0 aliphatic heterocycles. The van der Waals surface area contributed by atoms with Crippen LogP contribution in [0.5, 0.6) is 0 Å². The quantitative estimate of drug-likeness (QED) is 0.781. The van der Waals surface area contributed by atoms with Crippen LogP contribution in [0.1, 0.15) is 6.42 Å². The summed E-state index contributed by atoms with van der Waals surface area (Å²) in [5.74, 6) is 0.982. The van der Waals surface area contributed by atoms with E-state index in [0.29, 0.717) is 5.82 Å². The summed E-state index contributed by atoms with van der Waals surface area (Å²) in [6, 6.07) is 0. The number of halogens is 1. The van der Waals surface area contributed by atoms with E-state index in [0.717, 1.165) is 24.0 Å². The van der Waals surface area contributed by atoms with E-state index >= 15 is 0 Å². The molecule has 1 rings (SSSR count). The van der Waals surface area contributed by atoms with Crippen LogP contribution < -0.4 is 11.1 Å². The van der Waals surface area contributed by atoms with E-state index < -0.39 is 0 Å². The van der Waals surface area contributed by atoms with E-state index in [1.165, 1.54) is 0 Å². The number of anilines is 2. The van der Waals surface area contributed by atoms with Crippen LogP contribution in [-0.4, -0.2) is 30.2 Å². The van der Waals surface area contributed by atoms with Crippen molar-refractivity contribution in [2.45, 2.75) is 6.42 Å². The van der Waals surface area contributed by atoms with Gasteiger partial charge in [0.05, 0.1) is 4.47 Å². The van der Waals surface area contributed by atoms with Crippen molar-refractivity contribution in [3.63, 3.8) is 0 Å². The molecule has 0 aliphatic carbocycles. The number of nitrogen functional groups attached to an aromatic ring is 1. The Labute approximate surface area is 91.2 Å². The third-order valence-electron chi connectivity index (χ3n) is 1.58. The Kier molecular flexibility index (Phi) is 4.61. The molecule has 6 heteroatoms. The normalized spacial score (nSPS) is 10.1. The molecule has 0 spiro atoms. The average Bonchev–Trinajstić information content (AvgIpc) is 2.18. The number of methoxy groups -OCH3 is 1. The molecule has 0 amide bonds. The first-order chi connectivity index (χ1) is 6.74. The summed E-state index contributed by atoms with van der Waals surface area (Å²) >= 11 is 3.33. The molecule has 3 N–H and O–H groups in total. The molecule has 0 unspecified atom stereocenters. The van der Waals surface area contributed by atoms with E-state index in [9.17, 15) is 0 Å². The van der Waals surface area contributed by atoms with Gasteiger partial charge in [-0.1, -0.05) is 0 Å². The lowest BCUT2D eigenvalue weighted by molar-refractivity contribution is 0.197. The molecule has 0 saturated heterocycles. The van der Waals surface area contributed by atoms with Crippen molar-refractivity contribution < 1.29 is 4.74 Å². The van der Waals surface area contributed by atoms with Gasteiger partial charge in [0.15, 0.2) is 0 Å². The number of rotatable bonds is 5. The molecule has 5 nitrogen and oxygen atoms in total. The Bertz CT molecular complexity index is 295. The van der Waals surface area contributed by atoms with Gasteiger partial charge in [-0.2, -0.15) is 4.98 Å². The molecule has 1 aromatic heterocycles. The highest BCUT2D eigenvalue weighted by atomic mass is 79.9. The fourth-order valence-electron chi connectivity index (χ4n) is 0.928. The van der Waals surface area contributed by atoms with Crippen molar-refractivity contribution >= 4 is 27.7 Å². The Morgan fingerprint density at radius 1 is 1.64 bits per heavy atom. The number of ether oxygens (including phenoxy) is 1. The van der Waals surface area contributed by atoms with Crippen LogP contribution in [-0.2, 0) is 4.74 Å². The second kappa shape index (κ2) is 5.77. The topological polar surface area (TPSA) is 73.1 Å². The molecule has 1 aromatic rings. The molecule has 0 fully saturated rings. The second-order valence-corrected chi connectivity index (χ2v) is 3.55. The highest BCUT2D eigenvalue weighted by molar-refractivity contribution is 9.10. The Hall–Kier alpha value is -0.880. The number of nitrogens with two attached hydrogens (primary N) is 1. The first-order valence-corrected chi connectivity index (χ1v) is 5.04. The maximum absolute atomic E-state index is 5.45. The van der Waals surface area contributed by atoms with Crippen LogP contribution in [0, 0.1) is 0 Å². The Balaban J connectivity index is 2.45. The first kappa shape index (κ1) is 11.2. The molecule has 78 valence electrons. The zero-order valence-corrected chi connectivity index (χ0v) is 9.54. The summed E-state index contributed by atoms with van der Waals surface area (Å²) < 4.78 is 5.73. The summed E-state index contributed by atoms with van der Waals surface area (Å²) in [4.78, 5) is 7.88. The van der Waals surface area contributed by atoms with Gasteiger partial charge in [0.1, 0.15) is 5.82 Å². The Morgan fingerprint density at radius 2 is 2.43 bits per heavy atom. The predicted molar refractivity (Wildman–Crippen MR) is 59.1 cm³/mol. The summed E-state index contributed by atoms with van der Waals surface area (Å²) in [5.41, 5.74) is 5.45. The molecular weight excluding hydrogens is 248 g/mol. The lowest BCUT2D eigenvalue weighted by Crippen LogP contribution is -2.08. The zero-order valence-electron chi connectivity index (χ0n) is 7.96. The third kappa shape index (κ3) is 3.47. The Morgan fingerprint density at radius 3 is 3.14 bits per heavy atom. The van der Waals surface area contributed by atoms with Crippen molar-refractivity contribution in [1.29, 1.82) is 0 Å². The summed E-state index contributed by atoms with van der Waals surface area (Å²) in [6.07, 6.45) is 2.55. The lowest BCUT2D eigenvalue weighted by Gasteiger charge is -2.06. The number of nitrogens with one attached hydrogen (secondary N) is 1. The molecule has 0 atom stereocenters. The lowest BCUT2D eigenvalue weighted by atomic mass is 10.4. The summed E-state index contributed by atoms with van der Waals surface area (Å²) in [5, 5.41) is 3.13. The number of hydrogen-bond acceptors (Lipinski definition) is 5. The van der Waals surface area contributed by atoms with Gasteiger partial charge in [-0.05, 0) is 22.4 Å². The maximum Gasteiger partial charge on any atom is 0.221 e. The minimum Gasteiger partial charge on any atom is -0.385 e. The molecular formula is C8H13BrN4O. The van der Waals surface area contributed by atoms with Gasteiger partial charge in [-0.15, -0.1) is 0 Å². The van der Waals surface area contributed by atoms with Crippen LogP contribution in [0.2, 0.25) is 0 Å². The first-order valence-electron chi connectivity index (χ1n) is 4.25. The predicted octanol–water partition coefficient (Wildman–Crippen LogP) is 1.27. The van der Waals surface area contributed by atoms with Crippen molar-refractivity contribution in [3.8, 4) is 0 Å². The SMILES string of the molecule is COCCCNc1nc(N)ncc1Br. The number of nitrogens with zero attached hydrogens (tertiary/aromatic N) is 2. The van der Waals surface area contributed by atoms with Gasteiger partial charge in [0.25, 0.3) is 0 Å². The van der Waals surface area contributed by atoms with E-state index in [-0.39, 0.29) is 5.95 Å². The van der Waals surface area contributed by atoms with Crippen LogP contribution in [0.15, 0.2) is 10.7 Å². The smallest absolute Gasteiger partial charge is 0.221 e. The zero-order chi connectivity index (χ0) is 10.4. The number of aromatic nitrogens is 2. The van der Waals surface area contributed by atoms with Crippen LogP contribution in [0.3, 0.4) is 0 Å². The molecule has 1 heterocycles. The standard InChI is InChI=1S/C8H13BrN4O/c1-14-4-2-3-11-7-6(9)5-12-8(10)13-7/h5H,2-4H2,1H3,(H3,10,11,12,13). The van der Waals surface area contributed by atoms with Crippen molar-refractivity contribution in [2.24, 2.45) is 0 Å². The van der Waals surface area contributed by atoms with Gasteiger partial charge in [0, 0.05) is 26.5 Å². The van der Waals surface area contributed by atoms with Crippen LogP contribution in [0.4, 0.5) is 11.8 Å². The fraction of sp³-hybridized carbons (Fsp3) is 0.500. The summed E-state index contributed by atoms with van der Waals surface area (Å²) in [7, 11) is 1.68. The fourth-order valence-corrected chi connectivity index (χ4v) is 1.26. The van der Waals surface area contributed by atoms with E-state index in [1.54, 1.807) is 13.3 Å². The van der Waals surface area contributed by atoms with Gasteiger partial charge in [-0.25, -0.2) is 4.98 Å². The minimum atomic E-state index is 0.266. The van der Waals surface area contributed by atoms with Crippen LogP contribution in [0.25, 0.3) is 0 Å². The van der Waals surface area contributed by atoms with Crippen molar-refractivity contribution in [3.05, 3.63) is 10.7 Å². The highest BCUT2D eigenvalue weighted by Gasteiger charge is 2.01. The molecule has 0 bridgehead atoms. The monoisotopic (exact) mass is 260 g/mol. The molecule has 0 aliphatic rings. The average molecular weight is 261 g/mol. The van der Waals surface area contributed by atoms with Gasteiger partial charge in [0.2, 0.25) is 5.95 Å². The molecule has 0 aromatic carbocycles. The largest absolute Gasteiger partial charge is 0.385 e. The minimum absolute atomic E-state index is 0.266. The molecule has 0 saturated carbocycles.